The highest BCUT2D eigenvalue weighted by Gasteiger charge is 2.41. The van der Waals surface area contributed by atoms with E-state index in [9.17, 15) is 18.6 Å². The summed E-state index contributed by atoms with van der Waals surface area (Å²) in [7, 11) is -3.62. The fourth-order valence-electron chi connectivity index (χ4n) is 3.89. The minimum atomic E-state index is -3.62. The number of aliphatic hydroxyl groups is 1. The van der Waals surface area contributed by atoms with Gasteiger partial charge in [-0.25, -0.2) is 0 Å². The van der Waals surface area contributed by atoms with Crippen molar-refractivity contribution in [2.24, 2.45) is 0 Å². The molecule has 0 aromatic heterocycles. The second-order valence-electron chi connectivity index (χ2n) is 7.46. The van der Waals surface area contributed by atoms with Gasteiger partial charge in [-0.1, -0.05) is 42.5 Å². The Morgan fingerprint density at radius 3 is 2.14 bits per heavy atom. The van der Waals surface area contributed by atoms with Crippen LogP contribution in [0.15, 0.2) is 54.6 Å². The van der Waals surface area contributed by atoms with Gasteiger partial charge < -0.3 is 10.2 Å². The van der Waals surface area contributed by atoms with Crippen LogP contribution in [-0.2, 0) is 19.9 Å². The van der Waals surface area contributed by atoms with Gasteiger partial charge in [0.15, 0.2) is 0 Å². The number of aromatic hydroxyl groups is 1. The SMILES string of the molecule is CC(C(O)c1ccc(O)cc1)N1CCC(OS(C)(=O)=O)(c2ccccc2)CC1. The number of aliphatic hydroxyl groups excluding tert-OH is 1. The first-order valence-corrected chi connectivity index (χ1v) is 11.2. The van der Waals surface area contributed by atoms with Gasteiger partial charge in [0, 0.05) is 19.1 Å². The van der Waals surface area contributed by atoms with Gasteiger partial charge >= 0.3 is 0 Å². The summed E-state index contributed by atoms with van der Waals surface area (Å²) in [4.78, 5) is 2.14. The predicted molar refractivity (Wildman–Crippen MR) is 107 cm³/mol. The van der Waals surface area contributed by atoms with E-state index in [2.05, 4.69) is 4.90 Å². The van der Waals surface area contributed by atoms with Gasteiger partial charge in [-0.05, 0) is 43.0 Å². The lowest BCUT2D eigenvalue weighted by atomic mass is 9.83. The lowest BCUT2D eigenvalue weighted by Crippen LogP contribution is -2.49. The molecule has 0 spiro atoms. The summed E-state index contributed by atoms with van der Waals surface area (Å²) in [6.07, 6.45) is 1.40. The molecule has 1 aliphatic heterocycles. The standard InChI is InChI=1S/C21H27NO5S/c1-16(20(24)17-8-10-19(23)11-9-17)22-14-12-21(13-15-22,27-28(2,25)26)18-6-4-3-5-7-18/h3-11,16,20,23-24H,12-15H2,1-2H3. The van der Waals surface area contributed by atoms with E-state index in [1.165, 1.54) is 0 Å². The van der Waals surface area contributed by atoms with Gasteiger partial charge in [-0.3, -0.25) is 9.08 Å². The Balaban J connectivity index is 1.75. The molecule has 1 saturated heterocycles. The van der Waals surface area contributed by atoms with Crippen molar-refractivity contribution in [1.82, 2.24) is 4.90 Å². The maximum absolute atomic E-state index is 11.9. The molecule has 2 unspecified atom stereocenters. The number of hydrogen-bond acceptors (Lipinski definition) is 6. The molecule has 0 aliphatic carbocycles. The number of phenols is 1. The Bertz CT molecular complexity index is 875. The number of nitrogens with zero attached hydrogens (tertiary/aromatic N) is 1. The third-order valence-electron chi connectivity index (χ3n) is 5.48. The molecule has 3 rings (SSSR count). The Kier molecular flexibility index (Phi) is 6.09. The second-order valence-corrected chi connectivity index (χ2v) is 9.04. The van der Waals surface area contributed by atoms with Crippen LogP contribution in [0.2, 0.25) is 0 Å². The fraction of sp³-hybridized carbons (Fsp3) is 0.429. The third kappa shape index (κ3) is 4.72. The van der Waals surface area contributed by atoms with Gasteiger partial charge in [0.25, 0.3) is 10.1 Å². The van der Waals surface area contributed by atoms with Crippen LogP contribution in [0.3, 0.4) is 0 Å². The zero-order valence-electron chi connectivity index (χ0n) is 16.2. The molecule has 2 aromatic rings. The van der Waals surface area contributed by atoms with E-state index < -0.39 is 21.8 Å². The van der Waals surface area contributed by atoms with Crippen molar-refractivity contribution in [3.05, 3.63) is 65.7 Å². The average molecular weight is 406 g/mol. The van der Waals surface area contributed by atoms with E-state index in [-0.39, 0.29) is 11.8 Å². The van der Waals surface area contributed by atoms with Gasteiger partial charge in [0.05, 0.1) is 12.4 Å². The zero-order chi connectivity index (χ0) is 20.4. The molecule has 28 heavy (non-hydrogen) atoms. The van der Waals surface area contributed by atoms with E-state index in [0.29, 0.717) is 25.9 Å². The summed E-state index contributed by atoms with van der Waals surface area (Å²) < 4.78 is 29.4. The monoisotopic (exact) mass is 405 g/mol. The molecule has 0 saturated carbocycles. The van der Waals surface area contributed by atoms with Crippen molar-refractivity contribution in [3.8, 4) is 5.75 Å². The highest BCUT2D eigenvalue weighted by atomic mass is 32.2. The van der Waals surface area contributed by atoms with Gasteiger partial charge in [0.1, 0.15) is 11.4 Å². The van der Waals surface area contributed by atoms with Crippen LogP contribution < -0.4 is 0 Å². The molecule has 0 bridgehead atoms. The quantitative estimate of drug-likeness (QED) is 0.719. The number of likely N-dealkylation sites (tertiary alicyclic amines) is 1. The van der Waals surface area contributed by atoms with Crippen molar-refractivity contribution in [1.29, 1.82) is 0 Å². The zero-order valence-corrected chi connectivity index (χ0v) is 17.0. The lowest BCUT2D eigenvalue weighted by Gasteiger charge is -2.44. The molecular weight excluding hydrogens is 378 g/mol. The Morgan fingerprint density at radius 2 is 1.61 bits per heavy atom. The molecule has 6 nitrogen and oxygen atoms in total. The summed E-state index contributed by atoms with van der Waals surface area (Å²) in [5.41, 5.74) is 0.707. The van der Waals surface area contributed by atoms with Crippen LogP contribution in [0.25, 0.3) is 0 Å². The maximum atomic E-state index is 11.9. The summed E-state index contributed by atoms with van der Waals surface area (Å²) in [5.74, 6) is 0.159. The minimum absolute atomic E-state index is 0.156. The third-order valence-corrected chi connectivity index (χ3v) is 6.11. The minimum Gasteiger partial charge on any atom is -0.508 e. The number of benzene rings is 2. The van der Waals surface area contributed by atoms with E-state index >= 15 is 0 Å². The van der Waals surface area contributed by atoms with Crippen LogP contribution >= 0.6 is 0 Å². The Hall–Kier alpha value is -1.93. The summed E-state index contributed by atoms with van der Waals surface area (Å²) in [6.45, 7) is 3.14. The molecule has 1 fully saturated rings. The smallest absolute Gasteiger partial charge is 0.265 e. The topological polar surface area (TPSA) is 87.1 Å². The number of piperidine rings is 1. The molecule has 2 atom stereocenters. The van der Waals surface area contributed by atoms with Crippen molar-refractivity contribution < 1.29 is 22.8 Å². The van der Waals surface area contributed by atoms with Gasteiger partial charge in [-0.15, -0.1) is 0 Å². The maximum Gasteiger partial charge on any atom is 0.265 e. The second kappa shape index (κ2) is 8.21. The van der Waals surface area contributed by atoms with Crippen molar-refractivity contribution in [3.63, 3.8) is 0 Å². The fourth-order valence-corrected chi connectivity index (χ4v) is 4.74. The molecule has 7 heteroatoms. The molecule has 2 aromatic carbocycles. The molecule has 2 N–H and O–H groups in total. The number of phenolic OH excluding ortho intramolecular Hbond substituents is 1. The molecule has 1 aliphatic rings. The Morgan fingerprint density at radius 1 is 1.04 bits per heavy atom. The van der Waals surface area contributed by atoms with E-state index in [1.54, 1.807) is 24.3 Å². The van der Waals surface area contributed by atoms with Crippen LogP contribution in [0.1, 0.15) is 37.0 Å². The molecule has 1 heterocycles. The van der Waals surface area contributed by atoms with Gasteiger partial charge in [0.2, 0.25) is 0 Å². The Labute approximate surface area is 166 Å². The highest BCUT2D eigenvalue weighted by Crippen LogP contribution is 2.39. The van der Waals surface area contributed by atoms with Crippen LogP contribution in [0.5, 0.6) is 5.75 Å². The van der Waals surface area contributed by atoms with E-state index in [1.807, 2.05) is 37.3 Å². The first kappa shape index (κ1) is 20.8. The van der Waals surface area contributed by atoms with Crippen molar-refractivity contribution >= 4 is 10.1 Å². The molecule has 152 valence electrons. The summed E-state index contributed by atoms with van der Waals surface area (Å²) in [5, 5.41) is 20.1. The molecule has 0 radical (unpaired) electrons. The van der Waals surface area contributed by atoms with Crippen molar-refractivity contribution in [2.45, 2.75) is 37.5 Å². The van der Waals surface area contributed by atoms with Crippen molar-refractivity contribution in [2.75, 3.05) is 19.3 Å². The van der Waals surface area contributed by atoms with E-state index in [0.717, 1.165) is 17.4 Å². The van der Waals surface area contributed by atoms with E-state index in [4.69, 9.17) is 4.18 Å². The molecule has 0 amide bonds. The first-order valence-electron chi connectivity index (χ1n) is 9.37. The van der Waals surface area contributed by atoms with Crippen LogP contribution in [-0.4, -0.2) is 48.9 Å². The van der Waals surface area contributed by atoms with Crippen LogP contribution in [0.4, 0.5) is 0 Å². The normalized spacial score (nSPS) is 19.8. The first-order chi connectivity index (χ1) is 13.2. The number of hydrogen-bond donors (Lipinski definition) is 2. The average Bonchev–Trinajstić information content (AvgIpc) is 2.67. The summed E-state index contributed by atoms with van der Waals surface area (Å²) in [6, 6.07) is 15.8. The predicted octanol–water partition coefficient (Wildman–Crippen LogP) is 2.78. The van der Waals surface area contributed by atoms with Crippen LogP contribution in [0, 0.1) is 0 Å². The number of rotatable bonds is 6. The molecular formula is C21H27NO5S. The summed E-state index contributed by atoms with van der Waals surface area (Å²) >= 11 is 0. The van der Waals surface area contributed by atoms with Gasteiger partial charge in [-0.2, -0.15) is 8.42 Å². The largest absolute Gasteiger partial charge is 0.508 e. The highest BCUT2D eigenvalue weighted by molar-refractivity contribution is 7.86. The lowest BCUT2D eigenvalue weighted by molar-refractivity contribution is -0.0297.